The molecule has 0 aliphatic heterocycles. The Labute approximate surface area is 150 Å². The molecule has 2 rings (SSSR count). The second-order valence-electron chi connectivity index (χ2n) is 4.89. The number of amides is 2. The van der Waals surface area contributed by atoms with Crippen LogP contribution in [0.5, 0.6) is 0 Å². The van der Waals surface area contributed by atoms with Crippen molar-refractivity contribution in [2.75, 3.05) is 24.6 Å². The van der Waals surface area contributed by atoms with Crippen LogP contribution in [-0.4, -0.2) is 36.4 Å². The molecule has 0 saturated heterocycles. The summed E-state index contributed by atoms with van der Waals surface area (Å²) < 4.78 is 0. The Morgan fingerprint density at radius 1 is 0.667 bits per heavy atom. The van der Waals surface area contributed by atoms with Crippen LogP contribution in [0.3, 0.4) is 0 Å². The van der Waals surface area contributed by atoms with E-state index < -0.39 is 0 Å². The predicted molar refractivity (Wildman–Crippen MR) is 102 cm³/mol. The minimum Gasteiger partial charge on any atom is -0.351 e. The molecule has 0 aliphatic rings. The molecule has 0 aromatic heterocycles. The van der Waals surface area contributed by atoms with E-state index in [4.69, 9.17) is 0 Å². The quantitative estimate of drug-likeness (QED) is 0.532. The molecule has 0 bridgehead atoms. The fourth-order valence-electron chi connectivity index (χ4n) is 1.91. The largest absolute Gasteiger partial charge is 0.351 e. The monoisotopic (exact) mass is 360 g/mol. The Kier molecular flexibility index (Phi) is 8.27. The highest BCUT2D eigenvalue weighted by Crippen LogP contribution is 2.19. The van der Waals surface area contributed by atoms with Crippen molar-refractivity contribution in [3.8, 4) is 0 Å². The van der Waals surface area contributed by atoms with Crippen molar-refractivity contribution < 1.29 is 9.59 Å². The van der Waals surface area contributed by atoms with E-state index >= 15 is 0 Å². The van der Waals surface area contributed by atoms with Crippen LogP contribution in [-0.2, 0) is 0 Å². The molecule has 2 aromatic rings. The first kappa shape index (κ1) is 18.4. The van der Waals surface area contributed by atoms with Gasteiger partial charge in [-0.2, -0.15) is 0 Å². The maximum atomic E-state index is 11.8. The van der Waals surface area contributed by atoms with Gasteiger partial charge in [-0.15, -0.1) is 0 Å². The Morgan fingerprint density at radius 2 is 1.04 bits per heavy atom. The number of nitrogens with one attached hydrogen (secondary N) is 2. The fraction of sp³-hybridized carbons (Fsp3) is 0.222. The SMILES string of the molecule is O=C(NCCSSCCNC(=O)c1ccccc1)c1ccccc1. The number of carbonyl (C=O) groups excluding carboxylic acids is 2. The van der Waals surface area contributed by atoms with Crippen molar-refractivity contribution in [3.05, 3.63) is 71.8 Å². The van der Waals surface area contributed by atoms with E-state index in [2.05, 4.69) is 10.6 Å². The van der Waals surface area contributed by atoms with E-state index in [0.717, 1.165) is 11.5 Å². The number of hydrogen-bond donors (Lipinski definition) is 2. The molecule has 0 radical (unpaired) electrons. The fourth-order valence-corrected chi connectivity index (χ4v) is 3.73. The summed E-state index contributed by atoms with van der Waals surface area (Å²) in [6, 6.07) is 18.4. The molecule has 2 amide bonds. The second kappa shape index (κ2) is 10.8. The number of rotatable bonds is 9. The van der Waals surface area contributed by atoms with Crippen LogP contribution in [0.15, 0.2) is 60.7 Å². The van der Waals surface area contributed by atoms with Crippen molar-refractivity contribution in [2.24, 2.45) is 0 Å². The molecule has 0 spiro atoms. The Morgan fingerprint density at radius 3 is 1.42 bits per heavy atom. The summed E-state index contributed by atoms with van der Waals surface area (Å²) in [6.07, 6.45) is 0. The average molecular weight is 361 g/mol. The lowest BCUT2D eigenvalue weighted by Crippen LogP contribution is -2.26. The minimum atomic E-state index is -0.0451. The van der Waals surface area contributed by atoms with Crippen LogP contribution >= 0.6 is 21.6 Å². The van der Waals surface area contributed by atoms with Crippen molar-refractivity contribution in [1.82, 2.24) is 10.6 Å². The van der Waals surface area contributed by atoms with Gasteiger partial charge < -0.3 is 10.6 Å². The highest BCUT2D eigenvalue weighted by molar-refractivity contribution is 8.76. The normalized spacial score (nSPS) is 10.2. The van der Waals surface area contributed by atoms with Gasteiger partial charge in [0, 0.05) is 35.7 Å². The third kappa shape index (κ3) is 6.68. The van der Waals surface area contributed by atoms with Crippen molar-refractivity contribution in [1.29, 1.82) is 0 Å². The Hall–Kier alpha value is -1.92. The Balaban J connectivity index is 1.48. The molecule has 126 valence electrons. The van der Waals surface area contributed by atoms with Gasteiger partial charge in [0.05, 0.1) is 0 Å². The van der Waals surface area contributed by atoms with Crippen LogP contribution in [0.4, 0.5) is 0 Å². The van der Waals surface area contributed by atoms with Gasteiger partial charge in [-0.3, -0.25) is 9.59 Å². The standard InChI is InChI=1S/C18H20N2O2S2/c21-17(15-7-3-1-4-8-15)19-11-13-23-24-14-12-20-18(22)16-9-5-2-6-10-16/h1-10H,11-14H2,(H,19,21)(H,20,22). The van der Waals surface area contributed by atoms with Crippen LogP contribution in [0, 0.1) is 0 Å². The zero-order valence-corrected chi connectivity index (χ0v) is 14.9. The van der Waals surface area contributed by atoms with Crippen molar-refractivity contribution in [2.45, 2.75) is 0 Å². The Bertz CT molecular complexity index is 578. The van der Waals surface area contributed by atoms with Gasteiger partial charge in [0.1, 0.15) is 0 Å². The summed E-state index contributed by atoms with van der Waals surface area (Å²) in [4.78, 5) is 23.6. The molecule has 0 atom stereocenters. The summed E-state index contributed by atoms with van der Waals surface area (Å²) in [5.41, 5.74) is 1.36. The molecule has 0 heterocycles. The van der Waals surface area contributed by atoms with Gasteiger partial charge in [-0.25, -0.2) is 0 Å². The molecule has 0 unspecified atom stereocenters. The van der Waals surface area contributed by atoms with Gasteiger partial charge in [-0.05, 0) is 24.3 Å². The summed E-state index contributed by atoms with van der Waals surface area (Å²) >= 11 is 0. The smallest absolute Gasteiger partial charge is 0.251 e. The zero-order chi connectivity index (χ0) is 17.0. The van der Waals surface area contributed by atoms with Gasteiger partial charge >= 0.3 is 0 Å². The maximum Gasteiger partial charge on any atom is 0.251 e. The first-order valence-corrected chi connectivity index (χ1v) is 10.2. The summed E-state index contributed by atoms with van der Waals surface area (Å²) in [6.45, 7) is 1.25. The molecule has 4 nitrogen and oxygen atoms in total. The van der Waals surface area contributed by atoms with Gasteiger partial charge in [0.25, 0.3) is 11.8 Å². The van der Waals surface area contributed by atoms with E-state index in [9.17, 15) is 9.59 Å². The lowest BCUT2D eigenvalue weighted by atomic mass is 10.2. The van der Waals surface area contributed by atoms with E-state index in [0.29, 0.717) is 24.2 Å². The molecular formula is C18H20N2O2S2. The third-order valence-corrected chi connectivity index (χ3v) is 5.51. The molecule has 0 aliphatic carbocycles. The van der Waals surface area contributed by atoms with E-state index in [-0.39, 0.29) is 11.8 Å². The highest BCUT2D eigenvalue weighted by atomic mass is 33.1. The molecule has 2 aromatic carbocycles. The van der Waals surface area contributed by atoms with Gasteiger partial charge in [0.15, 0.2) is 0 Å². The molecular weight excluding hydrogens is 340 g/mol. The lowest BCUT2D eigenvalue weighted by molar-refractivity contribution is 0.0948. The maximum absolute atomic E-state index is 11.8. The number of benzene rings is 2. The van der Waals surface area contributed by atoms with Crippen molar-refractivity contribution in [3.63, 3.8) is 0 Å². The van der Waals surface area contributed by atoms with E-state index in [1.165, 1.54) is 0 Å². The molecule has 2 N–H and O–H groups in total. The molecule has 6 heteroatoms. The minimum absolute atomic E-state index is 0.0451. The highest BCUT2D eigenvalue weighted by Gasteiger charge is 2.04. The summed E-state index contributed by atoms with van der Waals surface area (Å²) in [5, 5.41) is 5.77. The van der Waals surface area contributed by atoms with Crippen molar-refractivity contribution >= 4 is 33.4 Å². The van der Waals surface area contributed by atoms with Crippen LogP contribution in [0.1, 0.15) is 20.7 Å². The van der Waals surface area contributed by atoms with E-state index in [1.807, 2.05) is 36.4 Å². The van der Waals surface area contributed by atoms with Gasteiger partial charge in [0.2, 0.25) is 0 Å². The number of carbonyl (C=O) groups is 2. The van der Waals surface area contributed by atoms with Gasteiger partial charge in [-0.1, -0.05) is 58.0 Å². The zero-order valence-electron chi connectivity index (χ0n) is 13.2. The second-order valence-corrected chi connectivity index (χ2v) is 7.59. The number of hydrogen-bond acceptors (Lipinski definition) is 4. The molecule has 0 fully saturated rings. The first-order chi connectivity index (χ1) is 11.8. The summed E-state index contributed by atoms with van der Waals surface area (Å²) in [5.74, 6) is 1.57. The third-order valence-electron chi connectivity index (χ3n) is 3.10. The van der Waals surface area contributed by atoms with E-state index in [1.54, 1.807) is 45.9 Å². The van der Waals surface area contributed by atoms with Crippen LogP contribution < -0.4 is 10.6 Å². The topological polar surface area (TPSA) is 58.2 Å². The molecule has 24 heavy (non-hydrogen) atoms. The van der Waals surface area contributed by atoms with Crippen LogP contribution in [0.2, 0.25) is 0 Å². The van der Waals surface area contributed by atoms with Crippen LogP contribution in [0.25, 0.3) is 0 Å². The lowest BCUT2D eigenvalue weighted by Gasteiger charge is -2.06. The average Bonchev–Trinajstić information content (AvgIpc) is 2.65. The predicted octanol–water partition coefficient (Wildman–Crippen LogP) is 3.23. The summed E-state index contributed by atoms with van der Waals surface area (Å²) in [7, 11) is 3.38. The first-order valence-electron chi connectivity index (χ1n) is 7.68. The molecule has 0 saturated carbocycles.